The molecule has 0 fully saturated rings. The fourth-order valence-corrected chi connectivity index (χ4v) is 6.84. The second-order valence-electron chi connectivity index (χ2n) is 15.5. The van der Waals surface area contributed by atoms with Crippen molar-refractivity contribution in [2.45, 2.75) is 123 Å². The lowest BCUT2D eigenvalue weighted by Gasteiger charge is -2.42. The number of amides is 1. The summed E-state index contributed by atoms with van der Waals surface area (Å²) in [6, 6.07) is 19.9. The molecule has 8 heteroatoms. The molecule has 2 aromatic carbocycles. The van der Waals surface area contributed by atoms with Gasteiger partial charge in [0.1, 0.15) is 17.2 Å². The Bertz CT molecular complexity index is 1350. The van der Waals surface area contributed by atoms with Crippen LogP contribution in [0.2, 0.25) is 18.1 Å². The molecule has 1 unspecified atom stereocenters. The third-order valence-corrected chi connectivity index (χ3v) is 13.6. The summed E-state index contributed by atoms with van der Waals surface area (Å²) in [5.41, 5.74) is 1.53. The van der Waals surface area contributed by atoms with Gasteiger partial charge < -0.3 is 19.5 Å². The molecule has 1 amide bonds. The predicted octanol–water partition coefficient (Wildman–Crippen LogP) is 8.88. The maximum Gasteiger partial charge on any atom is 0.407 e. The van der Waals surface area contributed by atoms with Gasteiger partial charge in [0, 0.05) is 30.7 Å². The molecule has 0 aliphatic heterocycles. The number of ketones is 1. The van der Waals surface area contributed by atoms with Crippen molar-refractivity contribution in [2.75, 3.05) is 0 Å². The lowest BCUT2D eigenvalue weighted by atomic mass is 9.81. The molecule has 0 saturated heterocycles. The van der Waals surface area contributed by atoms with Crippen LogP contribution >= 0.6 is 0 Å². The highest BCUT2D eigenvalue weighted by molar-refractivity contribution is 6.74. The molecule has 0 spiro atoms. The zero-order valence-corrected chi connectivity index (χ0v) is 30.7. The average molecular weight is 648 g/mol. The van der Waals surface area contributed by atoms with E-state index >= 15 is 0 Å². The zero-order chi connectivity index (χ0) is 34.1. The zero-order valence-electron chi connectivity index (χ0n) is 29.7. The number of hydrogen-bond donors (Lipinski definition) is 2. The van der Waals surface area contributed by atoms with Gasteiger partial charge in [-0.15, -0.1) is 0 Å². The van der Waals surface area contributed by atoms with Crippen LogP contribution in [-0.2, 0) is 26.8 Å². The van der Waals surface area contributed by atoms with Crippen molar-refractivity contribution in [3.05, 3.63) is 90.0 Å². The maximum absolute atomic E-state index is 14.4. The summed E-state index contributed by atoms with van der Waals surface area (Å²) in [6.45, 7) is 21.0. The Morgan fingerprint density at radius 3 is 1.93 bits per heavy atom. The molecule has 7 nitrogen and oxygen atoms in total. The molecule has 1 heterocycles. The van der Waals surface area contributed by atoms with Gasteiger partial charge in [-0.25, -0.2) is 9.78 Å². The minimum absolute atomic E-state index is 0.0273. The van der Waals surface area contributed by atoms with E-state index in [-0.39, 0.29) is 28.6 Å². The number of nitrogens with zero attached hydrogens (tertiary/aromatic N) is 1. The number of nitrogens with one attached hydrogen (secondary N) is 2. The van der Waals surface area contributed by atoms with Gasteiger partial charge in [0.15, 0.2) is 8.32 Å². The first-order chi connectivity index (χ1) is 21.4. The fraction of sp³-hybridized carbons (Fsp3) is 0.553. The normalized spacial score (nSPS) is 15.2. The van der Waals surface area contributed by atoms with Crippen LogP contribution in [0.25, 0.3) is 0 Å². The molecular formula is C38H57N3O4Si. The lowest BCUT2D eigenvalue weighted by molar-refractivity contribution is -0.124. The second kappa shape index (κ2) is 16.0. The first-order valence-electron chi connectivity index (χ1n) is 16.7. The third kappa shape index (κ3) is 11.5. The van der Waals surface area contributed by atoms with E-state index in [1.807, 2.05) is 63.4 Å². The summed E-state index contributed by atoms with van der Waals surface area (Å²) in [5.74, 6) is 0.891. The number of alkyl carbamates (subject to hydrolysis) is 1. The van der Waals surface area contributed by atoms with Crippen molar-refractivity contribution in [1.82, 2.24) is 15.3 Å². The lowest BCUT2D eigenvalue weighted by Crippen LogP contribution is -2.54. The molecule has 4 atom stereocenters. The van der Waals surface area contributed by atoms with Gasteiger partial charge in [0.25, 0.3) is 0 Å². The number of imidazole rings is 1. The number of aromatic amines is 1. The number of hydrogen-bond acceptors (Lipinski definition) is 5. The number of rotatable bonds is 15. The van der Waals surface area contributed by atoms with E-state index in [0.717, 1.165) is 17.0 Å². The number of aromatic nitrogens is 2. The molecule has 46 heavy (non-hydrogen) atoms. The molecule has 0 aliphatic carbocycles. The number of H-pyrrole nitrogens is 1. The van der Waals surface area contributed by atoms with Crippen molar-refractivity contribution < 1.29 is 18.8 Å². The van der Waals surface area contributed by atoms with Crippen LogP contribution in [0.3, 0.4) is 0 Å². The molecule has 1 aromatic heterocycles. The monoisotopic (exact) mass is 647 g/mol. The van der Waals surface area contributed by atoms with Crippen LogP contribution in [0.5, 0.6) is 0 Å². The quantitative estimate of drug-likeness (QED) is 0.161. The van der Waals surface area contributed by atoms with Crippen LogP contribution in [0.1, 0.15) is 91.1 Å². The van der Waals surface area contributed by atoms with Gasteiger partial charge in [0.2, 0.25) is 0 Å². The van der Waals surface area contributed by atoms with E-state index in [1.54, 1.807) is 6.20 Å². The topological polar surface area (TPSA) is 93.3 Å². The van der Waals surface area contributed by atoms with E-state index < -0.39 is 32.2 Å². The molecule has 0 saturated carbocycles. The molecular weight excluding hydrogens is 591 g/mol. The molecule has 0 bridgehead atoms. The summed E-state index contributed by atoms with van der Waals surface area (Å²) < 4.78 is 13.0. The van der Waals surface area contributed by atoms with Gasteiger partial charge >= 0.3 is 6.09 Å². The first-order valence-corrected chi connectivity index (χ1v) is 19.6. The Labute approximate surface area is 278 Å². The SMILES string of the molecule is CC(C)C(CC(=O)[C@H](Cc1ccccc1)C[C@H](O[Si](C)(C)C(C)(C)C)[C@H](Cc1ccccc1)NC(=O)OC(C)(C)C)c1ncc[nH]1. The second-order valence-corrected chi connectivity index (χ2v) is 20.2. The largest absolute Gasteiger partial charge is 0.444 e. The van der Waals surface area contributed by atoms with Crippen molar-refractivity contribution in [2.24, 2.45) is 11.8 Å². The Morgan fingerprint density at radius 1 is 0.891 bits per heavy atom. The minimum Gasteiger partial charge on any atom is -0.444 e. The van der Waals surface area contributed by atoms with Crippen LogP contribution < -0.4 is 5.32 Å². The van der Waals surface area contributed by atoms with Crippen LogP contribution in [0.15, 0.2) is 73.1 Å². The van der Waals surface area contributed by atoms with Gasteiger partial charge in [-0.3, -0.25) is 4.79 Å². The smallest absolute Gasteiger partial charge is 0.407 e. The highest BCUT2D eigenvalue weighted by atomic mass is 28.4. The molecule has 0 aliphatic rings. The van der Waals surface area contributed by atoms with Gasteiger partial charge in [0.05, 0.1) is 12.1 Å². The van der Waals surface area contributed by atoms with E-state index in [4.69, 9.17) is 9.16 Å². The van der Waals surface area contributed by atoms with Crippen molar-refractivity contribution in [3.8, 4) is 0 Å². The van der Waals surface area contributed by atoms with Gasteiger partial charge in [-0.1, -0.05) is 95.3 Å². The van der Waals surface area contributed by atoms with Crippen molar-refractivity contribution in [1.29, 1.82) is 0 Å². The van der Waals surface area contributed by atoms with Gasteiger partial charge in [-0.05, 0) is 75.2 Å². The van der Waals surface area contributed by atoms with E-state index in [1.165, 1.54) is 0 Å². The standard InChI is InChI=1S/C38H57N3O4Si/c1-27(2)31(35-39-21-22-40-35)26-33(42)30(23-28-17-13-11-14-18-28)25-34(45-46(9,10)38(6,7)8)32(24-29-19-15-12-16-20-29)41-36(43)44-37(3,4)5/h11-22,27,30-32,34H,23-26H2,1-10H3,(H,39,40)(H,41,43)/t30-,31?,32+,34+/m1/s1. The summed E-state index contributed by atoms with van der Waals surface area (Å²) in [4.78, 5) is 35.5. The fourth-order valence-electron chi connectivity index (χ4n) is 5.47. The Kier molecular flexibility index (Phi) is 13.0. The Hall–Kier alpha value is -3.23. The first kappa shape index (κ1) is 37.2. The highest BCUT2D eigenvalue weighted by Gasteiger charge is 2.42. The van der Waals surface area contributed by atoms with Crippen molar-refractivity contribution >= 4 is 20.2 Å². The minimum atomic E-state index is -2.35. The molecule has 0 radical (unpaired) electrons. The van der Waals surface area contributed by atoms with Crippen molar-refractivity contribution in [3.63, 3.8) is 0 Å². The van der Waals surface area contributed by atoms with Crippen LogP contribution in [-0.4, -0.2) is 47.9 Å². The highest BCUT2D eigenvalue weighted by Crippen LogP contribution is 2.39. The number of ether oxygens (including phenoxy) is 1. The molecule has 3 rings (SSSR count). The molecule has 252 valence electrons. The number of Topliss-reactive ketones (excluding diaryl/α,β-unsaturated/α-hetero) is 1. The van der Waals surface area contributed by atoms with Crippen LogP contribution in [0.4, 0.5) is 4.79 Å². The predicted molar refractivity (Wildman–Crippen MR) is 189 cm³/mol. The third-order valence-electron chi connectivity index (χ3n) is 9.10. The van der Waals surface area contributed by atoms with E-state index in [9.17, 15) is 9.59 Å². The Balaban J connectivity index is 2.06. The summed E-state index contributed by atoms with van der Waals surface area (Å²) in [7, 11) is -2.35. The molecule has 2 N–H and O–H groups in total. The number of carbonyl (C=O) groups excluding carboxylic acids is 2. The summed E-state index contributed by atoms with van der Waals surface area (Å²) >= 11 is 0. The number of benzene rings is 2. The van der Waals surface area contributed by atoms with E-state index in [2.05, 4.69) is 87.3 Å². The van der Waals surface area contributed by atoms with Crippen LogP contribution in [0, 0.1) is 11.8 Å². The van der Waals surface area contributed by atoms with Gasteiger partial charge in [-0.2, -0.15) is 0 Å². The van der Waals surface area contributed by atoms with E-state index in [0.29, 0.717) is 25.7 Å². The maximum atomic E-state index is 14.4. The Morgan fingerprint density at radius 2 is 1.46 bits per heavy atom. The number of carbonyl (C=O) groups is 2. The summed E-state index contributed by atoms with van der Waals surface area (Å²) in [5, 5.41) is 3.12. The average Bonchev–Trinajstić information content (AvgIpc) is 3.48. The molecule has 3 aromatic rings. The summed E-state index contributed by atoms with van der Waals surface area (Å²) in [6.07, 6.45) is 4.63.